The Balaban J connectivity index is 1.81. The molecule has 0 aromatic rings. The molecule has 92 valence electrons. The number of rotatable bonds is 3. The molecule has 1 amide bonds. The summed E-state index contributed by atoms with van der Waals surface area (Å²) in [7, 11) is 0. The quantitative estimate of drug-likeness (QED) is 0.743. The van der Waals surface area contributed by atoms with E-state index in [9.17, 15) is 4.79 Å². The summed E-state index contributed by atoms with van der Waals surface area (Å²) in [5, 5.41) is 3.28. The standard InChI is InChI=1S/C12H23N3O/c1-2-6-14-7-3-11(10-14)12(16)15-8-4-13-5-9-15/h11,13H,2-10H2,1H3. The second kappa shape index (κ2) is 5.64. The molecule has 1 unspecified atom stereocenters. The lowest BCUT2D eigenvalue weighted by atomic mass is 10.1. The van der Waals surface area contributed by atoms with Crippen molar-refractivity contribution in [2.45, 2.75) is 19.8 Å². The van der Waals surface area contributed by atoms with Crippen molar-refractivity contribution < 1.29 is 4.79 Å². The summed E-state index contributed by atoms with van der Waals surface area (Å²) in [6.07, 6.45) is 2.25. The van der Waals surface area contributed by atoms with Crippen molar-refractivity contribution in [1.29, 1.82) is 0 Å². The molecule has 2 aliphatic rings. The van der Waals surface area contributed by atoms with Gasteiger partial charge < -0.3 is 15.1 Å². The van der Waals surface area contributed by atoms with Crippen LogP contribution in [0.4, 0.5) is 0 Å². The van der Waals surface area contributed by atoms with Crippen molar-refractivity contribution in [3.63, 3.8) is 0 Å². The number of piperazine rings is 1. The highest BCUT2D eigenvalue weighted by molar-refractivity contribution is 5.79. The Morgan fingerprint density at radius 1 is 1.31 bits per heavy atom. The molecule has 2 fully saturated rings. The molecular formula is C12H23N3O. The topological polar surface area (TPSA) is 35.6 Å². The molecule has 16 heavy (non-hydrogen) atoms. The van der Waals surface area contributed by atoms with Gasteiger partial charge in [-0.05, 0) is 25.9 Å². The number of likely N-dealkylation sites (tertiary alicyclic amines) is 1. The molecule has 0 aliphatic carbocycles. The van der Waals surface area contributed by atoms with Gasteiger partial charge in [-0.2, -0.15) is 0 Å². The normalized spacial score (nSPS) is 27.3. The van der Waals surface area contributed by atoms with E-state index in [2.05, 4.69) is 17.1 Å². The van der Waals surface area contributed by atoms with E-state index in [0.29, 0.717) is 5.91 Å². The summed E-state index contributed by atoms with van der Waals surface area (Å²) in [4.78, 5) is 16.7. The van der Waals surface area contributed by atoms with Crippen LogP contribution in [0.25, 0.3) is 0 Å². The second-order valence-corrected chi connectivity index (χ2v) is 4.86. The smallest absolute Gasteiger partial charge is 0.227 e. The van der Waals surface area contributed by atoms with Gasteiger partial charge in [-0.1, -0.05) is 6.92 Å². The lowest BCUT2D eigenvalue weighted by molar-refractivity contribution is -0.135. The second-order valence-electron chi connectivity index (χ2n) is 4.86. The maximum absolute atomic E-state index is 12.2. The van der Waals surface area contributed by atoms with Crippen molar-refractivity contribution in [2.75, 3.05) is 45.8 Å². The van der Waals surface area contributed by atoms with E-state index in [4.69, 9.17) is 0 Å². The van der Waals surface area contributed by atoms with Crippen LogP contribution in [-0.2, 0) is 4.79 Å². The Morgan fingerprint density at radius 2 is 2.06 bits per heavy atom. The van der Waals surface area contributed by atoms with Gasteiger partial charge >= 0.3 is 0 Å². The fourth-order valence-corrected chi connectivity index (χ4v) is 2.70. The third-order valence-corrected chi connectivity index (χ3v) is 3.59. The van der Waals surface area contributed by atoms with Crippen LogP contribution in [0.15, 0.2) is 0 Å². The maximum Gasteiger partial charge on any atom is 0.227 e. The molecule has 4 heteroatoms. The van der Waals surface area contributed by atoms with Crippen LogP contribution in [0.5, 0.6) is 0 Å². The summed E-state index contributed by atoms with van der Waals surface area (Å²) in [6, 6.07) is 0. The minimum Gasteiger partial charge on any atom is -0.340 e. The zero-order valence-electron chi connectivity index (χ0n) is 10.2. The van der Waals surface area contributed by atoms with Gasteiger partial charge in [0.2, 0.25) is 5.91 Å². The van der Waals surface area contributed by atoms with Crippen molar-refractivity contribution in [3.8, 4) is 0 Å². The van der Waals surface area contributed by atoms with E-state index in [1.807, 2.05) is 4.90 Å². The number of nitrogens with zero attached hydrogens (tertiary/aromatic N) is 2. The molecule has 4 nitrogen and oxygen atoms in total. The van der Waals surface area contributed by atoms with E-state index in [0.717, 1.165) is 52.2 Å². The van der Waals surface area contributed by atoms with Crippen molar-refractivity contribution in [1.82, 2.24) is 15.1 Å². The van der Waals surface area contributed by atoms with E-state index < -0.39 is 0 Å². The number of nitrogens with one attached hydrogen (secondary N) is 1. The highest BCUT2D eigenvalue weighted by Crippen LogP contribution is 2.19. The number of hydrogen-bond donors (Lipinski definition) is 1. The molecule has 0 spiro atoms. The predicted molar refractivity (Wildman–Crippen MR) is 64.3 cm³/mol. The molecule has 2 rings (SSSR count). The molecule has 0 aromatic heterocycles. The van der Waals surface area contributed by atoms with Crippen LogP contribution >= 0.6 is 0 Å². The van der Waals surface area contributed by atoms with Crippen LogP contribution in [0, 0.1) is 5.92 Å². The number of carbonyl (C=O) groups excluding carboxylic acids is 1. The summed E-state index contributed by atoms with van der Waals surface area (Å²) < 4.78 is 0. The minimum atomic E-state index is 0.268. The largest absolute Gasteiger partial charge is 0.340 e. The summed E-state index contributed by atoms with van der Waals surface area (Å²) >= 11 is 0. The lowest BCUT2D eigenvalue weighted by Gasteiger charge is -2.29. The molecule has 0 saturated carbocycles. The van der Waals surface area contributed by atoms with Crippen molar-refractivity contribution in [3.05, 3.63) is 0 Å². The van der Waals surface area contributed by atoms with Crippen LogP contribution < -0.4 is 5.32 Å². The zero-order chi connectivity index (χ0) is 11.4. The molecular weight excluding hydrogens is 202 g/mol. The van der Waals surface area contributed by atoms with Gasteiger partial charge in [-0.15, -0.1) is 0 Å². The summed E-state index contributed by atoms with van der Waals surface area (Å²) in [5.74, 6) is 0.657. The zero-order valence-corrected chi connectivity index (χ0v) is 10.2. The molecule has 0 bridgehead atoms. The SMILES string of the molecule is CCCN1CCC(C(=O)N2CCNCC2)C1. The molecule has 2 saturated heterocycles. The number of carbonyl (C=O) groups is 1. The average molecular weight is 225 g/mol. The van der Waals surface area contributed by atoms with Crippen molar-refractivity contribution in [2.24, 2.45) is 5.92 Å². The number of hydrogen-bond acceptors (Lipinski definition) is 3. The third-order valence-electron chi connectivity index (χ3n) is 3.59. The van der Waals surface area contributed by atoms with E-state index in [-0.39, 0.29) is 5.92 Å². The lowest BCUT2D eigenvalue weighted by Crippen LogP contribution is -2.48. The summed E-state index contributed by atoms with van der Waals surface area (Å²) in [6.45, 7) is 9.13. The van der Waals surface area contributed by atoms with Gasteiger partial charge in [-0.3, -0.25) is 4.79 Å². The third kappa shape index (κ3) is 2.74. The fourth-order valence-electron chi connectivity index (χ4n) is 2.70. The molecule has 2 heterocycles. The van der Waals surface area contributed by atoms with Crippen LogP contribution in [0.3, 0.4) is 0 Å². The van der Waals surface area contributed by atoms with Gasteiger partial charge in [0.25, 0.3) is 0 Å². The van der Waals surface area contributed by atoms with Gasteiger partial charge in [0.1, 0.15) is 0 Å². The van der Waals surface area contributed by atoms with Crippen LogP contribution in [0.2, 0.25) is 0 Å². The monoisotopic (exact) mass is 225 g/mol. The van der Waals surface area contributed by atoms with Gasteiger partial charge in [0, 0.05) is 32.7 Å². The molecule has 1 atom stereocenters. The molecule has 0 radical (unpaired) electrons. The number of amides is 1. The first-order valence-electron chi connectivity index (χ1n) is 6.53. The van der Waals surface area contributed by atoms with E-state index in [1.165, 1.54) is 6.42 Å². The Bertz CT molecular complexity index is 238. The molecule has 2 aliphatic heterocycles. The first-order valence-corrected chi connectivity index (χ1v) is 6.53. The molecule has 0 aromatic carbocycles. The Hall–Kier alpha value is -0.610. The van der Waals surface area contributed by atoms with Crippen molar-refractivity contribution >= 4 is 5.91 Å². The van der Waals surface area contributed by atoms with E-state index >= 15 is 0 Å². The van der Waals surface area contributed by atoms with Crippen LogP contribution in [0.1, 0.15) is 19.8 Å². The van der Waals surface area contributed by atoms with Crippen LogP contribution in [-0.4, -0.2) is 61.5 Å². The van der Waals surface area contributed by atoms with Gasteiger partial charge in [0.05, 0.1) is 5.92 Å². The minimum absolute atomic E-state index is 0.268. The Kier molecular flexibility index (Phi) is 4.18. The van der Waals surface area contributed by atoms with Gasteiger partial charge in [0.15, 0.2) is 0 Å². The average Bonchev–Trinajstić information content (AvgIpc) is 2.78. The summed E-state index contributed by atoms with van der Waals surface area (Å²) in [5.41, 5.74) is 0. The highest BCUT2D eigenvalue weighted by Gasteiger charge is 2.31. The molecule has 1 N–H and O–H groups in total. The maximum atomic E-state index is 12.2. The van der Waals surface area contributed by atoms with Gasteiger partial charge in [-0.25, -0.2) is 0 Å². The first-order chi connectivity index (χ1) is 7.81. The Morgan fingerprint density at radius 3 is 2.75 bits per heavy atom. The Labute approximate surface area is 98.0 Å². The highest BCUT2D eigenvalue weighted by atomic mass is 16.2. The fraction of sp³-hybridized carbons (Fsp3) is 0.917. The van der Waals surface area contributed by atoms with E-state index in [1.54, 1.807) is 0 Å². The predicted octanol–water partition coefficient (Wildman–Crippen LogP) is 0.150. The first kappa shape index (κ1) is 11.9.